The zero-order valence-electron chi connectivity index (χ0n) is 11.4. The number of rotatable bonds is 3. The van der Waals surface area contributed by atoms with E-state index < -0.39 is 0 Å². The van der Waals surface area contributed by atoms with Crippen LogP contribution in [0.3, 0.4) is 0 Å². The van der Waals surface area contributed by atoms with Crippen molar-refractivity contribution in [2.75, 3.05) is 5.32 Å². The molecular weight excluding hydrogens is 282 g/mol. The highest BCUT2D eigenvalue weighted by Crippen LogP contribution is 2.21. The average molecular weight is 295 g/mol. The highest BCUT2D eigenvalue weighted by atomic mass is 32.1. The molecule has 1 aromatic carbocycles. The molecule has 0 radical (unpaired) electrons. The predicted molar refractivity (Wildman–Crippen MR) is 86.3 cm³/mol. The Bertz CT molecular complexity index is 818. The number of carbonyl (C=O) groups excluding carboxylic acids is 1. The normalized spacial score (nSPS) is 11.1. The summed E-state index contributed by atoms with van der Waals surface area (Å²) in [6, 6.07) is 9.44. The Morgan fingerprint density at radius 1 is 1.29 bits per heavy atom. The first-order chi connectivity index (χ1) is 10.2. The number of hydrogen-bond donors (Lipinski definition) is 1. The quantitative estimate of drug-likeness (QED) is 0.750. The molecule has 3 aromatic rings. The molecule has 2 aromatic heterocycles. The molecule has 2 heterocycles. The number of carbonyl (C=O) groups is 1. The molecule has 0 saturated carbocycles. The maximum atomic E-state index is 12.0. The lowest BCUT2D eigenvalue weighted by Gasteiger charge is -2.05. The third kappa shape index (κ3) is 3.14. The Kier molecular flexibility index (Phi) is 3.75. The number of nitrogens with zero attached hydrogens (tertiary/aromatic N) is 2. The molecular formula is C16H13N3OS. The van der Waals surface area contributed by atoms with Crippen molar-refractivity contribution in [1.82, 2.24) is 9.97 Å². The van der Waals surface area contributed by atoms with E-state index in [1.807, 2.05) is 42.6 Å². The van der Waals surface area contributed by atoms with Crippen LogP contribution in [0.4, 0.5) is 5.69 Å². The van der Waals surface area contributed by atoms with Crippen LogP contribution in [0.15, 0.2) is 48.0 Å². The van der Waals surface area contributed by atoms with Crippen LogP contribution in [-0.4, -0.2) is 15.9 Å². The van der Waals surface area contributed by atoms with E-state index in [-0.39, 0.29) is 5.91 Å². The lowest BCUT2D eigenvalue weighted by atomic mass is 10.2. The molecule has 0 atom stereocenters. The number of fused-ring (bicyclic) bond motifs is 1. The molecule has 0 spiro atoms. The van der Waals surface area contributed by atoms with E-state index in [0.29, 0.717) is 0 Å². The molecule has 5 heteroatoms. The number of aromatic nitrogens is 2. The zero-order chi connectivity index (χ0) is 14.7. The molecule has 0 fully saturated rings. The van der Waals surface area contributed by atoms with Gasteiger partial charge in [0.15, 0.2) is 0 Å². The third-order valence-electron chi connectivity index (χ3n) is 2.95. The summed E-state index contributed by atoms with van der Waals surface area (Å²) in [5, 5.41) is 6.69. The van der Waals surface area contributed by atoms with Gasteiger partial charge in [0.05, 0.1) is 21.9 Å². The fraction of sp³-hybridized carbons (Fsp3) is 0.0625. The minimum absolute atomic E-state index is 0.183. The van der Waals surface area contributed by atoms with E-state index in [2.05, 4.69) is 15.3 Å². The first-order valence-corrected chi connectivity index (χ1v) is 7.35. The second-order valence-electron chi connectivity index (χ2n) is 4.49. The van der Waals surface area contributed by atoms with Crippen LogP contribution >= 0.6 is 11.3 Å². The minimum Gasteiger partial charge on any atom is -0.322 e. The van der Waals surface area contributed by atoms with Gasteiger partial charge in [-0.05, 0) is 37.3 Å². The van der Waals surface area contributed by atoms with E-state index in [1.54, 1.807) is 23.6 Å². The molecule has 0 aliphatic carbocycles. The van der Waals surface area contributed by atoms with Crippen LogP contribution in [0.25, 0.3) is 17.0 Å². The van der Waals surface area contributed by atoms with Gasteiger partial charge in [0.1, 0.15) is 0 Å². The van der Waals surface area contributed by atoms with Crippen molar-refractivity contribution in [3.8, 4) is 0 Å². The van der Waals surface area contributed by atoms with Crippen molar-refractivity contribution in [2.24, 2.45) is 0 Å². The molecule has 0 saturated heterocycles. The molecule has 0 aliphatic rings. The molecule has 104 valence electrons. The number of anilines is 1. The number of thiazole rings is 1. The van der Waals surface area contributed by atoms with Gasteiger partial charge in [0.25, 0.3) is 0 Å². The van der Waals surface area contributed by atoms with E-state index in [9.17, 15) is 4.79 Å². The summed E-state index contributed by atoms with van der Waals surface area (Å²) in [6.07, 6.45) is 4.93. The van der Waals surface area contributed by atoms with E-state index in [1.165, 1.54) is 6.08 Å². The number of benzene rings is 1. The highest BCUT2D eigenvalue weighted by Gasteiger charge is 2.03. The molecule has 4 nitrogen and oxygen atoms in total. The molecule has 3 rings (SSSR count). The van der Waals surface area contributed by atoms with Gasteiger partial charge in [0, 0.05) is 23.0 Å². The van der Waals surface area contributed by atoms with Crippen molar-refractivity contribution < 1.29 is 4.79 Å². The fourth-order valence-electron chi connectivity index (χ4n) is 2.00. The Balaban J connectivity index is 1.79. The number of pyridine rings is 1. The molecule has 21 heavy (non-hydrogen) atoms. The van der Waals surface area contributed by atoms with Crippen molar-refractivity contribution >= 4 is 39.9 Å². The second kappa shape index (κ2) is 5.85. The van der Waals surface area contributed by atoms with E-state index in [4.69, 9.17) is 0 Å². The summed E-state index contributed by atoms with van der Waals surface area (Å²) in [4.78, 5) is 20.5. The van der Waals surface area contributed by atoms with Gasteiger partial charge in [-0.15, -0.1) is 11.3 Å². The highest BCUT2D eigenvalue weighted by molar-refractivity contribution is 7.09. The number of amides is 1. The van der Waals surface area contributed by atoms with Gasteiger partial charge in [-0.25, -0.2) is 4.98 Å². The molecule has 0 aliphatic heterocycles. The Morgan fingerprint density at radius 2 is 2.19 bits per heavy atom. The van der Waals surface area contributed by atoms with Gasteiger partial charge in [-0.1, -0.05) is 6.07 Å². The average Bonchev–Trinajstić information content (AvgIpc) is 2.91. The van der Waals surface area contributed by atoms with Crippen LogP contribution in [0.1, 0.15) is 10.7 Å². The van der Waals surface area contributed by atoms with Crippen LogP contribution in [-0.2, 0) is 4.79 Å². The molecule has 0 bridgehead atoms. The Hall–Kier alpha value is -2.53. The van der Waals surface area contributed by atoms with Gasteiger partial charge < -0.3 is 5.32 Å². The summed E-state index contributed by atoms with van der Waals surface area (Å²) in [5.74, 6) is -0.183. The van der Waals surface area contributed by atoms with Crippen molar-refractivity contribution in [3.05, 3.63) is 58.7 Å². The van der Waals surface area contributed by atoms with Crippen LogP contribution < -0.4 is 5.32 Å². The van der Waals surface area contributed by atoms with Crippen LogP contribution in [0.2, 0.25) is 0 Å². The third-order valence-corrected chi connectivity index (χ3v) is 3.74. The van der Waals surface area contributed by atoms with Gasteiger partial charge in [-0.2, -0.15) is 0 Å². The van der Waals surface area contributed by atoms with Crippen molar-refractivity contribution in [3.63, 3.8) is 0 Å². The maximum absolute atomic E-state index is 12.0. The molecule has 1 amide bonds. The smallest absolute Gasteiger partial charge is 0.248 e. The topological polar surface area (TPSA) is 54.9 Å². The zero-order valence-corrected chi connectivity index (χ0v) is 12.2. The Morgan fingerprint density at radius 3 is 3.00 bits per heavy atom. The number of hydrogen-bond acceptors (Lipinski definition) is 4. The lowest BCUT2D eigenvalue weighted by Crippen LogP contribution is -2.08. The van der Waals surface area contributed by atoms with Crippen LogP contribution in [0.5, 0.6) is 0 Å². The summed E-state index contributed by atoms with van der Waals surface area (Å²) in [7, 11) is 0. The standard InChI is InChI=1S/C16H13N3OS/c1-11-18-12(10-21-11)7-8-16(20)19-15-6-2-5-14-13(15)4-3-9-17-14/h2-10H,1H3,(H,19,20)/b8-7+. The van der Waals surface area contributed by atoms with Crippen molar-refractivity contribution in [2.45, 2.75) is 6.92 Å². The second-order valence-corrected chi connectivity index (χ2v) is 5.55. The van der Waals surface area contributed by atoms with Gasteiger partial charge >= 0.3 is 0 Å². The molecule has 1 N–H and O–H groups in total. The first-order valence-electron chi connectivity index (χ1n) is 6.47. The summed E-state index contributed by atoms with van der Waals surface area (Å²) in [6.45, 7) is 1.94. The van der Waals surface area contributed by atoms with E-state index >= 15 is 0 Å². The Labute approximate surface area is 126 Å². The SMILES string of the molecule is Cc1nc(/C=C/C(=O)Nc2cccc3ncccc23)cs1. The number of nitrogens with one attached hydrogen (secondary N) is 1. The maximum Gasteiger partial charge on any atom is 0.248 e. The summed E-state index contributed by atoms with van der Waals surface area (Å²) in [5.41, 5.74) is 2.41. The van der Waals surface area contributed by atoms with Crippen molar-refractivity contribution in [1.29, 1.82) is 0 Å². The van der Waals surface area contributed by atoms with Gasteiger partial charge in [-0.3, -0.25) is 9.78 Å². The molecule has 0 unspecified atom stereocenters. The summed E-state index contributed by atoms with van der Waals surface area (Å²) >= 11 is 1.56. The predicted octanol–water partition coefficient (Wildman–Crippen LogP) is 3.65. The fourth-order valence-corrected chi connectivity index (χ4v) is 2.59. The van der Waals surface area contributed by atoms with Gasteiger partial charge in [0.2, 0.25) is 5.91 Å². The van der Waals surface area contributed by atoms with E-state index in [0.717, 1.165) is 27.3 Å². The largest absolute Gasteiger partial charge is 0.322 e. The number of aryl methyl sites for hydroxylation is 1. The lowest BCUT2D eigenvalue weighted by molar-refractivity contribution is -0.111. The minimum atomic E-state index is -0.183. The monoisotopic (exact) mass is 295 g/mol. The summed E-state index contributed by atoms with van der Waals surface area (Å²) < 4.78 is 0. The van der Waals surface area contributed by atoms with Crippen LogP contribution in [0, 0.1) is 6.92 Å². The first kappa shape index (κ1) is 13.5.